The molecule has 0 saturated carbocycles. The standard InChI is InChI=1S/C27H33ClN2O4/c1-6-34-22-13-12-20(16-21(22)28)25(31)23-24(19-10-8-18(9-11-19)17(2)3)30(27(33)26(23)32)15-7-14-29(4)5/h8-13,16-17,24,31H,6-7,14-15H2,1-5H3/t24-/m1/s1. The van der Waals surface area contributed by atoms with Gasteiger partial charge in [-0.15, -0.1) is 0 Å². The van der Waals surface area contributed by atoms with Gasteiger partial charge in [0.1, 0.15) is 11.5 Å². The number of amides is 1. The number of benzene rings is 2. The fraction of sp³-hybridized carbons (Fsp3) is 0.407. The number of hydrogen-bond donors (Lipinski definition) is 1. The molecule has 2 aromatic carbocycles. The highest BCUT2D eigenvalue weighted by Crippen LogP contribution is 2.40. The first-order valence-corrected chi connectivity index (χ1v) is 12.0. The molecule has 6 nitrogen and oxygen atoms in total. The summed E-state index contributed by atoms with van der Waals surface area (Å²) >= 11 is 6.33. The summed E-state index contributed by atoms with van der Waals surface area (Å²) in [6.45, 7) is 7.70. The molecule has 0 spiro atoms. The van der Waals surface area contributed by atoms with Crippen molar-refractivity contribution in [2.75, 3.05) is 33.8 Å². The van der Waals surface area contributed by atoms with Gasteiger partial charge in [-0.25, -0.2) is 0 Å². The number of carbonyl (C=O) groups excluding carboxylic acids is 2. The molecule has 0 unspecified atom stereocenters. The molecule has 2 aromatic rings. The van der Waals surface area contributed by atoms with Gasteiger partial charge < -0.3 is 19.6 Å². The summed E-state index contributed by atoms with van der Waals surface area (Å²) in [6.07, 6.45) is 0.704. The SMILES string of the molecule is CCOc1ccc(C(O)=C2C(=O)C(=O)N(CCCN(C)C)[C@@H]2c2ccc(C(C)C)cc2)cc1Cl. The molecule has 0 bridgehead atoms. The summed E-state index contributed by atoms with van der Waals surface area (Å²) in [4.78, 5) is 29.8. The van der Waals surface area contributed by atoms with Crippen LogP contribution in [0.4, 0.5) is 0 Å². The van der Waals surface area contributed by atoms with Crippen LogP contribution in [0.5, 0.6) is 5.75 Å². The van der Waals surface area contributed by atoms with Gasteiger partial charge in [0, 0.05) is 12.1 Å². The van der Waals surface area contributed by atoms with Crippen molar-refractivity contribution in [2.24, 2.45) is 0 Å². The van der Waals surface area contributed by atoms with Crippen LogP contribution >= 0.6 is 11.6 Å². The van der Waals surface area contributed by atoms with E-state index in [9.17, 15) is 14.7 Å². The Morgan fingerprint density at radius 3 is 2.38 bits per heavy atom. The Morgan fingerprint density at radius 1 is 1.15 bits per heavy atom. The van der Waals surface area contributed by atoms with Gasteiger partial charge in [0.15, 0.2) is 0 Å². The van der Waals surface area contributed by atoms with Gasteiger partial charge in [-0.2, -0.15) is 0 Å². The Hall–Kier alpha value is -2.83. The Kier molecular flexibility index (Phi) is 8.39. The lowest BCUT2D eigenvalue weighted by molar-refractivity contribution is -0.139. The first kappa shape index (κ1) is 25.8. The van der Waals surface area contributed by atoms with E-state index in [0.29, 0.717) is 41.8 Å². The van der Waals surface area contributed by atoms with Gasteiger partial charge in [-0.3, -0.25) is 9.59 Å². The zero-order valence-corrected chi connectivity index (χ0v) is 21.2. The van der Waals surface area contributed by atoms with Gasteiger partial charge >= 0.3 is 0 Å². The van der Waals surface area contributed by atoms with Crippen LogP contribution in [0.2, 0.25) is 5.02 Å². The van der Waals surface area contributed by atoms with Gasteiger partial charge in [0.25, 0.3) is 11.7 Å². The average molecular weight is 485 g/mol. The van der Waals surface area contributed by atoms with E-state index in [4.69, 9.17) is 16.3 Å². The molecule has 34 heavy (non-hydrogen) atoms. The Morgan fingerprint density at radius 2 is 1.82 bits per heavy atom. The zero-order chi connectivity index (χ0) is 25.0. The quantitative estimate of drug-likeness (QED) is 0.299. The summed E-state index contributed by atoms with van der Waals surface area (Å²) < 4.78 is 5.47. The van der Waals surface area contributed by atoms with E-state index in [1.807, 2.05) is 50.2 Å². The first-order valence-electron chi connectivity index (χ1n) is 11.6. The second-order valence-electron chi connectivity index (χ2n) is 9.05. The lowest BCUT2D eigenvalue weighted by Gasteiger charge is -2.26. The fourth-order valence-electron chi connectivity index (χ4n) is 4.15. The molecular formula is C27H33ClN2O4. The molecule has 0 aromatic heterocycles. The minimum absolute atomic E-state index is 0.0763. The second kappa shape index (κ2) is 11.1. The van der Waals surface area contributed by atoms with Crippen LogP contribution in [0, 0.1) is 0 Å². The highest BCUT2D eigenvalue weighted by Gasteiger charge is 2.45. The number of ether oxygens (including phenoxy) is 1. The van der Waals surface area contributed by atoms with Gasteiger partial charge in [0.05, 0.1) is 23.2 Å². The van der Waals surface area contributed by atoms with Crippen LogP contribution in [-0.4, -0.2) is 60.4 Å². The molecule has 1 saturated heterocycles. The third-order valence-corrected chi connectivity index (χ3v) is 6.26. The first-order chi connectivity index (χ1) is 16.1. The van der Waals surface area contributed by atoms with Crippen molar-refractivity contribution in [2.45, 2.75) is 39.2 Å². The van der Waals surface area contributed by atoms with Crippen LogP contribution in [0.15, 0.2) is 48.0 Å². The van der Waals surface area contributed by atoms with Crippen LogP contribution in [0.25, 0.3) is 5.76 Å². The number of aliphatic hydroxyl groups excluding tert-OH is 1. The number of rotatable bonds is 9. The third kappa shape index (κ3) is 5.45. The normalized spacial score (nSPS) is 17.8. The molecule has 1 N–H and O–H groups in total. The number of ketones is 1. The summed E-state index contributed by atoms with van der Waals surface area (Å²) in [6, 6.07) is 12.1. The van der Waals surface area contributed by atoms with Gasteiger partial charge in [-0.05, 0) is 69.2 Å². The Balaban J connectivity index is 2.09. The number of carbonyl (C=O) groups is 2. The molecule has 1 aliphatic rings. The van der Waals surface area contributed by atoms with Crippen molar-refractivity contribution in [1.82, 2.24) is 9.80 Å². The smallest absolute Gasteiger partial charge is 0.295 e. The summed E-state index contributed by atoms with van der Waals surface area (Å²) in [5.74, 6) is -0.686. The molecule has 1 heterocycles. The topological polar surface area (TPSA) is 70.1 Å². The van der Waals surface area contributed by atoms with E-state index in [0.717, 1.165) is 17.7 Å². The molecule has 0 radical (unpaired) electrons. The Bertz CT molecular complexity index is 1080. The molecule has 1 aliphatic heterocycles. The van der Waals surface area contributed by atoms with Crippen molar-refractivity contribution in [3.63, 3.8) is 0 Å². The van der Waals surface area contributed by atoms with Crippen molar-refractivity contribution < 1.29 is 19.4 Å². The number of nitrogens with zero attached hydrogens (tertiary/aromatic N) is 2. The van der Waals surface area contributed by atoms with E-state index in [-0.39, 0.29) is 11.3 Å². The number of aliphatic hydroxyl groups is 1. The van der Waals surface area contributed by atoms with E-state index in [2.05, 4.69) is 13.8 Å². The largest absolute Gasteiger partial charge is 0.507 e. The van der Waals surface area contributed by atoms with Crippen LogP contribution in [-0.2, 0) is 9.59 Å². The minimum atomic E-state index is -0.690. The molecule has 3 rings (SSSR count). The molecule has 182 valence electrons. The number of hydrogen-bond acceptors (Lipinski definition) is 5. The molecule has 1 fully saturated rings. The lowest BCUT2D eigenvalue weighted by Crippen LogP contribution is -2.32. The van der Waals surface area contributed by atoms with Crippen molar-refractivity contribution in [3.05, 3.63) is 69.8 Å². The summed E-state index contributed by atoms with van der Waals surface area (Å²) in [5.41, 5.74) is 2.38. The number of likely N-dealkylation sites (tertiary alicyclic amines) is 1. The minimum Gasteiger partial charge on any atom is -0.507 e. The number of Topliss-reactive ketones (excluding diaryl/α,β-unsaturated/α-hetero) is 1. The summed E-state index contributed by atoms with van der Waals surface area (Å²) in [5, 5.41) is 11.6. The van der Waals surface area contributed by atoms with Crippen LogP contribution < -0.4 is 4.74 Å². The average Bonchev–Trinajstić information content (AvgIpc) is 3.05. The predicted octanol–water partition coefficient (Wildman–Crippen LogP) is 5.24. The van der Waals surface area contributed by atoms with E-state index in [1.165, 1.54) is 0 Å². The fourth-order valence-corrected chi connectivity index (χ4v) is 4.39. The highest BCUT2D eigenvalue weighted by atomic mass is 35.5. The maximum Gasteiger partial charge on any atom is 0.295 e. The van der Waals surface area contributed by atoms with E-state index < -0.39 is 17.7 Å². The summed E-state index contributed by atoms with van der Waals surface area (Å²) in [7, 11) is 3.93. The monoisotopic (exact) mass is 484 g/mol. The van der Waals surface area contributed by atoms with E-state index >= 15 is 0 Å². The van der Waals surface area contributed by atoms with Crippen molar-refractivity contribution >= 4 is 29.1 Å². The molecular weight excluding hydrogens is 452 g/mol. The third-order valence-electron chi connectivity index (χ3n) is 5.97. The number of halogens is 1. The Labute approximate surface area is 206 Å². The highest BCUT2D eigenvalue weighted by molar-refractivity contribution is 6.46. The van der Waals surface area contributed by atoms with Crippen LogP contribution in [0.3, 0.4) is 0 Å². The van der Waals surface area contributed by atoms with Crippen LogP contribution in [0.1, 0.15) is 55.8 Å². The maximum atomic E-state index is 13.2. The lowest BCUT2D eigenvalue weighted by atomic mass is 9.93. The molecule has 1 atom stereocenters. The van der Waals surface area contributed by atoms with E-state index in [1.54, 1.807) is 23.1 Å². The molecule has 1 amide bonds. The van der Waals surface area contributed by atoms with Crippen molar-refractivity contribution in [3.8, 4) is 5.75 Å². The zero-order valence-electron chi connectivity index (χ0n) is 20.5. The second-order valence-corrected chi connectivity index (χ2v) is 9.46. The molecule has 7 heteroatoms. The van der Waals surface area contributed by atoms with Crippen molar-refractivity contribution in [1.29, 1.82) is 0 Å². The van der Waals surface area contributed by atoms with Gasteiger partial charge in [0.2, 0.25) is 0 Å². The van der Waals surface area contributed by atoms with Gasteiger partial charge in [-0.1, -0.05) is 49.7 Å². The molecule has 0 aliphatic carbocycles. The predicted molar refractivity (Wildman–Crippen MR) is 135 cm³/mol. The maximum absolute atomic E-state index is 13.2.